The highest BCUT2D eigenvalue weighted by Crippen LogP contribution is 2.43. The lowest BCUT2D eigenvalue weighted by molar-refractivity contribution is -0.384. The van der Waals surface area contributed by atoms with Gasteiger partial charge in [0, 0.05) is 33.9 Å². The zero-order valence-corrected chi connectivity index (χ0v) is 18.4. The zero-order valence-electron chi connectivity index (χ0n) is 18.4. The molecule has 8 heteroatoms. The normalized spacial score (nSPS) is 11.8. The quantitative estimate of drug-likeness (QED) is 0.126. The highest BCUT2D eigenvalue weighted by molar-refractivity contribution is 6.29. The number of aromatic nitrogens is 4. The van der Waals surface area contributed by atoms with Crippen molar-refractivity contribution < 1.29 is 9.45 Å². The minimum atomic E-state index is -0.397. The number of nitro groups is 1. The Kier molecular flexibility index (Phi) is 3.90. The number of benzene rings is 4. The molecule has 0 saturated heterocycles. The maximum atomic E-state index is 11.6. The number of hydrogen-bond acceptors (Lipinski definition) is 7. The largest absolute Gasteiger partial charge is 0.336 e. The lowest BCUT2D eigenvalue weighted by atomic mass is 9.93. The molecule has 0 bridgehead atoms. The Balaban J connectivity index is 1.81. The monoisotopic (exact) mass is 457 g/mol. The second kappa shape index (κ2) is 7.01. The molecular weight excluding hydrogens is 442 g/mol. The van der Waals surface area contributed by atoms with E-state index in [2.05, 4.69) is 5.16 Å². The number of para-hydroxylation sites is 2. The number of non-ortho nitro benzene ring substituents is 1. The van der Waals surface area contributed by atoms with E-state index >= 15 is 0 Å². The summed E-state index contributed by atoms with van der Waals surface area (Å²) in [5.74, 6) is 0. The molecule has 0 aliphatic heterocycles. The predicted octanol–water partition coefficient (Wildman–Crippen LogP) is 6.51. The molecule has 0 aliphatic carbocycles. The van der Waals surface area contributed by atoms with E-state index in [1.807, 2.05) is 61.5 Å². The van der Waals surface area contributed by atoms with Crippen molar-refractivity contribution in [1.82, 2.24) is 20.1 Å². The van der Waals surface area contributed by atoms with E-state index in [9.17, 15) is 10.1 Å². The highest BCUT2D eigenvalue weighted by Gasteiger charge is 2.23. The number of nitro benzene ring substituents is 1. The SMILES string of the molecule is Cc1noc2nc3c4ccccc4c4nc5ccccc5nc4c3c(-c3cccc([N+](=O)[O-])c3)c12. The van der Waals surface area contributed by atoms with Crippen molar-refractivity contribution in [3.05, 3.63) is 88.6 Å². The standard InChI is InChI=1S/C27H15N5O3/c1-14-21-22(15-7-6-8-16(13-15)32(33)34)23-24(30-27(21)35-31-14)17-9-2-3-10-18(17)25-26(23)29-20-12-5-4-11-19(20)28-25/h2-13H,1H3. The molecule has 3 aromatic heterocycles. The molecule has 0 saturated carbocycles. The van der Waals surface area contributed by atoms with Crippen LogP contribution in [-0.4, -0.2) is 25.0 Å². The molecule has 0 spiro atoms. The molecule has 0 fully saturated rings. The minimum absolute atomic E-state index is 0.00338. The fourth-order valence-corrected chi connectivity index (χ4v) is 4.87. The number of nitrogens with zero attached hydrogens (tertiary/aromatic N) is 5. The first-order valence-corrected chi connectivity index (χ1v) is 11.0. The summed E-state index contributed by atoms with van der Waals surface area (Å²) in [6.45, 7) is 1.84. The van der Waals surface area contributed by atoms with Crippen molar-refractivity contribution in [2.24, 2.45) is 0 Å². The van der Waals surface area contributed by atoms with Gasteiger partial charge in [-0.15, -0.1) is 0 Å². The van der Waals surface area contributed by atoms with Gasteiger partial charge < -0.3 is 4.52 Å². The summed E-state index contributed by atoms with van der Waals surface area (Å²) >= 11 is 0. The third-order valence-electron chi connectivity index (χ3n) is 6.39. The Morgan fingerprint density at radius 1 is 0.771 bits per heavy atom. The van der Waals surface area contributed by atoms with Crippen LogP contribution in [0.1, 0.15) is 5.69 Å². The van der Waals surface area contributed by atoms with Crippen LogP contribution >= 0.6 is 0 Å². The Morgan fingerprint density at radius 2 is 1.46 bits per heavy atom. The van der Waals surface area contributed by atoms with Crippen molar-refractivity contribution >= 4 is 60.5 Å². The Hall–Kier alpha value is -4.98. The number of aryl methyl sites for hydroxylation is 1. The molecule has 4 aromatic carbocycles. The van der Waals surface area contributed by atoms with Crippen molar-refractivity contribution in [2.75, 3.05) is 0 Å². The minimum Gasteiger partial charge on any atom is -0.336 e. The van der Waals surface area contributed by atoms with Crippen LogP contribution in [0.5, 0.6) is 0 Å². The van der Waals surface area contributed by atoms with Gasteiger partial charge in [0.25, 0.3) is 11.4 Å². The van der Waals surface area contributed by atoms with Gasteiger partial charge in [0.1, 0.15) is 5.52 Å². The van der Waals surface area contributed by atoms with Gasteiger partial charge in [-0.05, 0) is 24.6 Å². The molecule has 0 amide bonds. The summed E-state index contributed by atoms with van der Waals surface area (Å²) in [6, 6.07) is 22.2. The first-order chi connectivity index (χ1) is 17.1. The van der Waals surface area contributed by atoms with E-state index in [0.29, 0.717) is 33.4 Å². The van der Waals surface area contributed by atoms with Gasteiger partial charge in [-0.1, -0.05) is 53.7 Å². The highest BCUT2D eigenvalue weighted by atomic mass is 16.6. The van der Waals surface area contributed by atoms with Crippen LogP contribution in [0, 0.1) is 17.0 Å². The topological polar surface area (TPSA) is 108 Å². The first kappa shape index (κ1) is 19.5. The maximum Gasteiger partial charge on any atom is 0.270 e. The molecule has 166 valence electrons. The van der Waals surface area contributed by atoms with Crippen molar-refractivity contribution in [2.45, 2.75) is 6.92 Å². The van der Waals surface area contributed by atoms with Gasteiger partial charge in [0.2, 0.25) is 0 Å². The predicted molar refractivity (Wildman–Crippen MR) is 134 cm³/mol. The molecule has 0 atom stereocenters. The summed E-state index contributed by atoms with van der Waals surface area (Å²) in [7, 11) is 0. The van der Waals surface area contributed by atoms with Crippen LogP contribution in [0.4, 0.5) is 5.69 Å². The Labute approximate surface area is 197 Å². The summed E-state index contributed by atoms with van der Waals surface area (Å²) in [6.07, 6.45) is 0. The molecule has 0 N–H and O–H groups in total. The third kappa shape index (κ3) is 2.73. The molecule has 7 rings (SSSR count). The van der Waals surface area contributed by atoms with E-state index in [0.717, 1.165) is 38.3 Å². The Morgan fingerprint density at radius 3 is 2.20 bits per heavy atom. The van der Waals surface area contributed by atoms with E-state index in [1.165, 1.54) is 6.07 Å². The van der Waals surface area contributed by atoms with Gasteiger partial charge in [0.05, 0.1) is 38.1 Å². The van der Waals surface area contributed by atoms with Crippen LogP contribution in [0.3, 0.4) is 0 Å². The van der Waals surface area contributed by atoms with Crippen LogP contribution in [-0.2, 0) is 0 Å². The lowest BCUT2D eigenvalue weighted by Crippen LogP contribution is -1.96. The second-order valence-corrected chi connectivity index (χ2v) is 8.42. The van der Waals surface area contributed by atoms with Gasteiger partial charge in [0.15, 0.2) is 0 Å². The molecule has 8 nitrogen and oxygen atoms in total. The van der Waals surface area contributed by atoms with Gasteiger partial charge in [-0.2, -0.15) is 0 Å². The third-order valence-corrected chi connectivity index (χ3v) is 6.39. The lowest BCUT2D eigenvalue weighted by Gasteiger charge is -2.14. The summed E-state index contributed by atoms with van der Waals surface area (Å²) in [5, 5.41) is 19.0. The molecule has 35 heavy (non-hydrogen) atoms. The summed E-state index contributed by atoms with van der Waals surface area (Å²) in [4.78, 5) is 26.1. The van der Waals surface area contributed by atoms with E-state index in [4.69, 9.17) is 19.5 Å². The van der Waals surface area contributed by atoms with Gasteiger partial charge >= 0.3 is 0 Å². The smallest absolute Gasteiger partial charge is 0.270 e. The average molecular weight is 457 g/mol. The van der Waals surface area contributed by atoms with E-state index in [1.54, 1.807) is 12.1 Å². The van der Waals surface area contributed by atoms with E-state index < -0.39 is 4.92 Å². The van der Waals surface area contributed by atoms with Crippen LogP contribution < -0.4 is 0 Å². The van der Waals surface area contributed by atoms with Crippen molar-refractivity contribution in [1.29, 1.82) is 0 Å². The molecular formula is C27H15N5O3. The Bertz CT molecular complexity index is 2010. The summed E-state index contributed by atoms with van der Waals surface area (Å²) in [5.41, 5.74) is 6.06. The number of rotatable bonds is 2. The van der Waals surface area contributed by atoms with Crippen LogP contribution in [0.15, 0.2) is 77.3 Å². The van der Waals surface area contributed by atoms with Crippen molar-refractivity contribution in [3.63, 3.8) is 0 Å². The number of fused-ring (bicyclic) bond motifs is 8. The van der Waals surface area contributed by atoms with Gasteiger partial charge in [-0.3, -0.25) is 10.1 Å². The maximum absolute atomic E-state index is 11.6. The number of hydrogen-bond donors (Lipinski definition) is 0. The van der Waals surface area contributed by atoms with Crippen LogP contribution in [0.25, 0.3) is 66.0 Å². The average Bonchev–Trinajstić information content (AvgIpc) is 3.27. The first-order valence-electron chi connectivity index (χ1n) is 11.0. The fourth-order valence-electron chi connectivity index (χ4n) is 4.87. The summed E-state index contributed by atoms with van der Waals surface area (Å²) < 4.78 is 5.60. The van der Waals surface area contributed by atoms with Gasteiger partial charge in [-0.25, -0.2) is 15.0 Å². The molecule has 3 heterocycles. The molecule has 7 aromatic rings. The van der Waals surface area contributed by atoms with Crippen molar-refractivity contribution in [3.8, 4) is 11.1 Å². The molecule has 0 aliphatic rings. The molecule has 0 unspecified atom stereocenters. The fraction of sp³-hybridized carbons (Fsp3) is 0.0370. The number of pyridine rings is 1. The molecule has 0 radical (unpaired) electrons. The second-order valence-electron chi connectivity index (χ2n) is 8.42. The zero-order chi connectivity index (χ0) is 23.7. The van der Waals surface area contributed by atoms with E-state index in [-0.39, 0.29) is 5.69 Å². The van der Waals surface area contributed by atoms with Crippen LogP contribution in [0.2, 0.25) is 0 Å².